The average Bonchev–Trinajstić information content (AvgIpc) is 2.48. The van der Waals surface area contributed by atoms with Gasteiger partial charge in [-0.2, -0.15) is 34.8 Å². The summed E-state index contributed by atoms with van der Waals surface area (Å²) < 4.78 is 103. The Kier molecular flexibility index (Phi) is 6.65. The minimum Gasteiger partial charge on any atom is -0.445 e. The Bertz CT molecular complexity index is 673. The van der Waals surface area contributed by atoms with E-state index in [-0.39, 0.29) is 6.61 Å². The number of alkyl halides is 6. The summed E-state index contributed by atoms with van der Waals surface area (Å²) in [6.07, 6.45) is -10.3. The van der Waals surface area contributed by atoms with E-state index in [1.165, 1.54) is 5.32 Å². The van der Waals surface area contributed by atoms with Crippen molar-refractivity contribution in [1.82, 2.24) is 5.32 Å². The van der Waals surface area contributed by atoms with Gasteiger partial charge in [0, 0.05) is 0 Å². The standard InChI is InChI=1S/C12H11F6NO5S/c13-11(14,15)9(24-25(21,22)12(16,17)18)6-19-10(20)23-7-8-4-2-1-3-5-8/h1-5,9H,6-7H2,(H,19,20). The molecule has 6 nitrogen and oxygen atoms in total. The summed E-state index contributed by atoms with van der Waals surface area (Å²) in [7, 11) is -6.50. The van der Waals surface area contributed by atoms with E-state index in [0.29, 0.717) is 5.56 Å². The summed E-state index contributed by atoms with van der Waals surface area (Å²) in [6, 6.07) is 7.96. The van der Waals surface area contributed by atoms with Gasteiger partial charge in [0.2, 0.25) is 0 Å². The Balaban J connectivity index is 2.63. The van der Waals surface area contributed by atoms with Crippen molar-refractivity contribution in [3.8, 4) is 0 Å². The van der Waals surface area contributed by atoms with Crippen LogP contribution in [0.15, 0.2) is 30.3 Å². The largest absolute Gasteiger partial charge is 0.523 e. The van der Waals surface area contributed by atoms with Crippen LogP contribution < -0.4 is 5.32 Å². The van der Waals surface area contributed by atoms with Gasteiger partial charge in [-0.3, -0.25) is 0 Å². The molecule has 0 aliphatic rings. The smallest absolute Gasteiger partial charge is 0.445 e. The Morgan fingerprint density at radius 1 is 1.08 bits per heavy atom. The molecule has 0 heterocycles. The molecule has 25 heavy (non-hydrogen) atoms. The normalized spacial score (nSPS) is 14.0. The van der Waals surface area contributed by atoms with E-state index >= 15 is 0 Å². The highest BCUT2D eigenvalue weighted by Gasteiger charge is 2.53. The fourth-order valence-electron chi connectivity index (χ4n) is 1.36. The number of hydrogen-bond acceptors (Lipinski definition) is 5. The van der Waals surface area contributed by atoms with Crippen molar-refractivity contribution in [2.24, 2.45) is 0 Å². The molecule has 1 unspecified atom stereocenters. The average molecular weight is 395 g/mol. The van der Waals surface area contributed by atoms with Gasteiger partial charge in [-0.1, -0.05) is 30.3 Å². The van der Waals surface area contributed by atoms with Crippen molar-refractivity contribution in [2.75, 3.05) is 6.54 Å². The molecule has 1 aromatic carbocycles. The molecule has 0 radical (unpaired) electrons. The lowest BCUT2D eigenvalue weighted by molar-refractivity contribution is -0.195. The Morgan fingerprint density at radius 2 is 1.64 bits per heavy atom. The Hall–Kier alpha value is -2.02. The topological polar surface area (TPSA) is 81.7 Å². The molecule has 0 saturated carbocycles. The highest BCUT2D eigenvalue weighted by Crippen LogP contribution is 2.30. The lowest BCUT2D eigenvalue weighted by Gasteiger charge is -2.21. The van der Waals surface area contributed by atoms with Crippen LogP contribution in [0.3, 0.4) is 0 Å². The lowest BCUT2D eigenvalue weighted by Crippen LogP contribution is -2.45. The monoisotopic (exact) mass is 395 g/mol. The summed E-state index contributed by atoms with van der Waals surface area (Å²) >= 11 is 0. The summed E-state index contributed by atoms with van der Waals surface area (Å²) in [6.45, 7) is -1.91. The number of ether oxygens (including phenoxy) is 1. The highest BCUT2D eigenvalue weighted by molar-refractivity contribution is 7.87. The number of carbonyl (C=O) groups excluding carboxylic acids is 1. The van der Waals surface area contributed by atoms with Crippen molar-refractivity contribution >= 4 is 16.2 Å². The van der Waals surface area contributed by atoms with Gasteiger partial charge in [0.1, 0.15) is 6.61 Å². The number of hydrogen-bond donors (Lipinski definition) is 1. The first-order valence-corrected chi connectivity index (χ1v) is 7.74. The second-order valence-corrected chi connectivity index (χ2v) is 6.03. The number of halogens is 6. The summed E-state index contributed by atoms with van der Waals surface area (Å²) in [4.78, 5) is 11.3. The van der Waals surface area contributed by atoms with Gasteiger partial charge in [-0.15, -0.1) is 0 Å². The maximum Gasteiger partial charge on any atom is 0.523 e. The maximum absolute atomic E-state index is 12.6. The second-order valence-electron chi connectivity index (χ2n) is 4.47. The highest BCUT2D eigenvalue weighted by atomic mass is 32.2. The maximum atomic E-state index is 12.6. The molecular weight excluding hydrogens is 384 g/mol. The fourth-order valence-corrected chi connectivity index (χ4v) is 1.95. The Morgan fingerprint density at radius 3 is 2.12 bits per heavy atom. The van der Waals surface area contributed by atoms with E-state index in [2.05, 4.69) is 8.92 Å². The van der Waals surface area contributed by atoms with E-state index in [9.17, 15) is 39.6 Å². The zero-order valence-electron chi connectivity index (χ0n) is 12.1. The number of carbonyl (C=O) groups is 1. The van der Waals surface area contributed by atoms with Crippen LogP contribution in [0.4, 0.5) is 31.1 Å². The predicted molar refractivity (Wildman–Crippen MR) is 70.5 cm³/mol. The van der Waals surface area contributed by atoms with E-state index in [1.54, 1.807) is 30.3 Å². The van der Waals surface area contributed by atoms with Crippen molar-refractivity contribution in [2.45, 2.75) is 24.4 Å². The van der Waals surface area contributed by atoms with E-state index in [0.717, 1.165) is 0 Å². The third-order valence-electron chi connectivity index (χ3n) is 2.54. The summed E-state index contributed by atoms with van der Waals surface area (Å²) in [5.41, 5.74) is -5.54. The second kappa shape index (κ2) is 7.91. The minimum absolute atomic E-state index is 0.314. The molecule has 0 spiro atoms. The van der Waals surface area contributed by atoms with Crippen molar-refractivity contribution in [1.29, 1.82) is 0 Å². The van der Waals surface area contributed by atoms with Gasteiger partial charge < -0.3 is 10.1 Å². The lowest BCUT2D eigenvalue weighted by atomic mass is 10.2. The molecule has 1 atom stereocenters. The number of nitrogens with one attached hydrogen (secondary N) is 1. The van der Waals surface area contributed by atoms with Gasteiger partial charge in [0.15, 0.2) is 6.10 Å². The third-order valence-corrected chi connectivity index (χ3v) is 3.59. The molecule has 1 N–H and O–H groups in total. The number of benzene rings is 1. The quantitative estimate of drug-likeness (QED) is 0.455. The van der Waals surface area contributed by atoms with Crippen molar-refractivity contribution < 1.29 is 48.5 Å². The number of alkyl carbamates (subject to hydrolysis) is 1. The molecule has 1 aromatic rings. The van der Waals surface area contributed by atoms with E-state index in [4.69, 9.17) is 0 Å². The van der Waals surface area contributed by atoms with Gasteiger partial charge in [0.05, 0.1) is 6.54 Å². The van der Waals surface area contributed by atoms with E-state index in [1.807, 2.05) is 0 Å². The first-order chi connectivity index (χ1) is 11.3. The van der Waals surface area contributed by atoms with Gasteiger partial charge in [0.25, 0.3) is 0 Å². The molecule has 1 amide bonds. The van der Waals surface area contributed by atoms with Crippen LogP contribution in [-0.2, 0) is 25.6 Å². The fraction of sp³-hybridized carbons (Fsp3) is 0.417. The number of rotatable bonds is 6. The molecule has 0 fully saturated rings. The molecule has 1 rings (SSSR count). The van der Waals surface area contributed by atoms with Crippen LogP contribution in [0.25, 0.3) is 0 Å². The third kappa shape index (κ3) is 6.78. The molecular formula is C12H11F6NO5S. The molecule has 0 aliphatic carbocycles. The predicted octanol–water partition coefficient (Wildman–Crippen LogP) is 2.71. The van der Waals surface area contributed by atoms with Crippen LogP contribution in [0.1, 0.15) is 5.56 Å². The Labute approximate surface area is 137 Å². The van der Waals surface area contributed by atoms with Gasteiger partial charge >= 0.3 is 27.9 Å². The van der Waals surface area contributed by atoms with Gasteiger partial charge in [-0.05, 0) is 5.56 Å². The van der Waals surface area contributed by atoms with Crippen molar-refractivity contribution in [3.05, 3.63) is 35.9 Å². The molecule has 0 aromatic heterocycles. The molecule has 13 heteroatoms. The zero-order chi connectivity index (χ0) is 19.3. The van der Waals surface area contributed by atoms with Crippen LogP contribution in [0, 0.1) is 0 Å². The number of amides is 1. The molecule has 0 saturated heterocycles. The SMILES string of the molecule is O=C(NCC(OS(=O)(=O)C(F)(F)F)C(F)(F)F)OCc1ccccc1. The van der Waals surface area contributed by atoms with Crippen LogP contribution in [0.5, 0.6) is 0 Å². The molecule has 142 valence electrons. The van der Waals surface area contributed by atoms with Crippen LogP contribution in [-0.4, -0.2) is 38.8 Å². The molecule has 0 bridgehead atoms. The first kappa shape index (κ1) is 21.0. The van der Waals surface area contributed by atoms with Crippen molar-refractivity contribution in [3.63, 3.8) is 0 Å². The van der Waals surface area contributed by atoms with Gasteiger partial charge in [-0.25, -0.2) is 8.98 Å². The molecule has 0 aliphatic heterocycles. The summed E-state index contributed by atoms with van der Waals surface area (Å²) in [5, 5.41) is 1.50. The first-order valence-electron chi connectivity index (χ1n) is 6.34. The minimum atomic E-state index is -6.50. The zero-order valence-corrected chi connectivity index (χ0v) is 12.9. The van der Waals surface area contributed by atoms with Crippen LogP contribution in [0.2, 0.25) is 0 Å². The van der Waals surface area contributed by atoms with Crippen LogP contribution >= 0.6 is 0 Å². The van der Waals surface area contributed by atoms with E-state index < -0.39 is 40.5 Å². The summed E-state index contributed by atoms with van der Waals surface area (Å²) in [5.74, 6) is 0.